The molecule has 0 unspecified atom stereocenters. The SMILES string of the molecule is Cn1cc(-c2ccc3c4ccccc(CS(=O)(=O)NCc5cncs5)c-4nc(=O)c3c2)cn1. The molecular formula is C23H19N5O3S2. The summed E-state index contributed by atoms with van der Waals surface area (Å²) >= 11 is 1.38. The Hall–Kier alpha value is -3.47. The van der Waals surface area contributed by atoms with E-state index in [4.69, 9.17) is 0 Å². The highest BCUT2D eigenvalue weighted by Crippen LogP contribution is 2.32. The van der Waals surface area contributed by atoms with Gasteiger partial charge in [0.15, 0.2) is 0 Å². The van der Waals surface area contributed by atoms with Gasteiger partial charge in [0.25, 0.3) is 5.56 Å². The summed E-state index contributed by atoms with van der Waals surface area (Å²) in [6.07, 6.45) is 5.24. The van der Waals surface area contributed by atoms with Gasteiger partial charge in [-0.05, 0) is 22.6 Å². The molecule has 3 aromatic rings. The van der Waals surface area contributed by atoms with Crippen LogP contribution in [0.3, 0.4) is 0 Å². The summed E-state index contributed by atoms with van der Waals surface area (Å²) in [4.78, 5) is 22.1. The van der Waals surface area contributed by atoms with E-state index in [0.717, 1.165) is 27.0 Å². The lowest BCUT2D eigenvalue weighted by molar-refractivity contribution is 0.581. The second-order valence-corrected chi connectivity index (χ2v) is 10.4. The van der Waals surface area contributed by atoms with Crippen LogP contribution >= 0.6 is 11.3 Å². The van der Waals surface area contributed by atoms with Gasteiger partial charge in [0, 0.05) is 42.0 Å². The van der Waals surface area contributed by atoms with Crippen LogP contribution in [0, 0.1) is 0 Å². The zero-order chi connectivity index (χ0) is 23.0. The highest BCUT2D eigenvalue weighted by Gasteiger charge is 2.20. The number of aryl methyl sites for hydroxylation is 1. The second-order valence-electron chi connectivity index (χ2n) is 7.63. The Bertz CT molecular complexity index is 1590. The first kappa shape index (κ1) is 21.4. The number of hydrogen-bond donors (Lipinski definition) is 1. The molecule has 0 spiro atoms. The van der Waals surface area contributed by atoms with Crippen LogP contribution in [0.2, 0.25) is 0 Å². The van der Waals surface area contributed by atoms with Gasteiger partial charge in [-0.2, -0.15) is 5.10 Å². The predicted octanol–water partition coefficient (Wildman–Crippen LogP) is 3.18. The van der Waals surface area contributed by atoms with Gasteiger partial charge in [-0.1, -0.05) is 36.4 Å². The van der Waals surface area contributed by atoms with Crippen molar-refractivity contribution < 1.29 is 8.42 Å². The van der Waals surface area contributed by atoms with E-state index in [-0.39, 0.29) is 12.3 Å². The van der Waals surface area contributed by atoms with E-state index in [9.17, 15) is 13.2 Å². The summed E-state index contributed by atoms with van der Waals surface area (Å²) in [6.45, 7) is 0.171. The molecule has 3 heterocycles. The number of sulfonamides is 1. The molecule has 33 heavy (non-hydrogen) atoms. The van der Waals surface area contributed by atoms with E-state index in [0.29, 0.717) is 16.6 Å². The molecule has 0 saturated heterocycles. The van der Waals surface area contributed by atoms with Crippen LogP contribution in [0.1, 0.15) is 10.4 Å². The lowest BCUT2D eigenvalue weighted by Crippen LogP contribution is -2.24. The van der Waals surface area contributed by atoms with Crippen LogP contribution in [0.5, 0.6) is 0 Å². The van der Waals surface area contributed by atoms with Crippen molar-refractivity contribution in [3.63, 3.8) is 0 Å². The van der Waals surface area contributed by atoms with Gasteiger partial charge >= 0.3 is 0 Å². The van der Waals surface area contributed by atoms with Gasteiger partial charge < -0.3 is 0 Å². The minimum absolute atomic E-state index is 0.171. The van der Waals surface area contributed by atoms with E-state index in [2.05, 4.69) is 19.8 Å². The van der Waals surface area contributed by atoms with E-state index in [1.54, 1.807) is 40.8 Å². The maximum absolute atomic E-state index is 13.0. The maximum atomic E-state index is 13.0. The largest absolute Gasteiger partial charge is 0.278 e. The molecule has 8 nitrogen and oxygen atoms in total. The van der Waals surface area contributed by atoms with Crippen LogP contribution in [0.4, 0.5) is 0 Å². The Morgan fingerprint density at radius 1 is 1.06 bits per heavy atom. The van der Waals surface area contributed by atoms with Gasteiger partial charge in [-0.15, -0.1) is 11.3 Å². The van der Waals surface area contributed by atoms with Crippen molar-refractivity contribution in [3.05, 3.63) is 87.4 Å². The Morgan fingerprint density at radius 2 is 1.91 bits per heavy atom. The predicted molar refractivity (Wildman–Crippen MR) is 128 cm³/mol. The van der Waals surface area contributed by atoms with Gasteiger partial charge in [0.05, 0.1) is 28.5 Å². The molecule has 2 aromatic heterocycles. The summed E-state index contributed by atoms with van der Waals surface area (Å²) in [5, 5.41) is 5.39. The number of nitrogens with zero attached hydrogens (tertiary/aromatic N) is 4. The molecule has 0 atom stereocenters. The van der Waals surface area contributed by atoms with Crippen molar-refractivity contribution >= 4 is 32.1 Å². The van der Waals surface area contributed by atoms with E-state index < -0.39 is 15.6 Å². The molecule has 1 aliphatic heterocycles. The number of rotatable bonds is 6. The van der Waals surface area contributed by atoms with Crippen molar-refractivity contribution in [1.82, 2.24) is 24.5 Å². The zero-order valence-electron chi connectivity index (χ0n) is 17.6. The van der Waals surface area contributed by atoms with Crippen molar-refractivity contribution in [2.45, 2.75) is 12.3 Å². The second kappa shape index (κ2) is 8.47. The van der Waals surface area contributed by atoms with Gasteiger partial charge in [0.2, 0.25) is 10.0 Å². The molecule has 1 aliphatic carbocycles. The van der Waals surface area contributed by atoms with E-state index in [1.165, 1.54) is 11.3 Å². The van der Waals surface area contributed by atoms with E-state index >= 15 is 0 Å². The number of aromatic nitrogens is 4. The fourth-order valence-electron chi connectivity index (χ4n) is 3.75. The Morgan fingerprint density at radius 3 is 2.67 bits per heavy atom. The first-order chi connectivity index (χ1) is 15.9. The summed E-state index contributed by atoms with van der Waals surface area (Å²) in [6, 6.07) is 12.7. The Labute approximate surface area is 194 Å². The topological polar surface area (TPSA) is 107 Å². The third kappa shape index (κ3) is 4.40. The zero-order valence-corrected chi connectivity index (χ0v) is 19.2. The summed E-state index contributed by atoms with van der Waals surface area (Å²) < 4.78 is 29.8. The molecule has 0 saturated carbocycles. The first-order valence-corrected chi connectivity index (χ1v) is 12.6. The van der Waals surface area contributed by atoms with Crippen LogP contribution in [0.25, 0.3) is 33.2 Å². The standard InChI is InChI=1S/C23H19N5O3S2/c1-28-12-17(9-25-28)15-6-7-19-20-5-3-2-4-16(22(20)27-23(29)21(19)8-15)13-33(30,31)26-11-18-10-24-14-32-18/h2-10,12,14,26H,11,13H2,1H3. The summed E-state index contributed by atoms with van der Waals surface area (Å²) in [7, 11) is -1.83. The van der Waals surface area contributed by atoms with Crippen LogP contribution in [-0.4, -0.2) is 28.2 Å². The van der Waals surface area contributed by atoms with Crippen molar-refractivity contribution in [3.8, 4) is 22.4 Å². The van der Waals surface area contributed by atoms with Gasteiger partial charge in [-0.3, -0.25) is 14.5 Å². The maximum Gasteiger partial charge on any atom is 0.278 e. The molecule has 0 fully saturated rings. The van der Waals surface area contributed by atoms with Crippen molar-refractivity contribution in [1.29, 1.82) is 0 Å². The summed E-state index contributed by atoms with van der Waals surface area (Å²) in [5.74, 6) is -0.289. The fourth-order valence-corrected chi connectivity index (χ4v) is 5.50. The van der Waals surface area contributed by atoms with Crippen molar-refractivity contribution in [2.75, 3.05) is 0 Å². The molecule has 10 heteroatoms. The molecule has 0 bridgehead atoms. The molecular weight excluding hydrogens is 458 g/mol. The average Bonchev–Trinajstić information content (AvgIpc) is 3.43. The molecule has 166 valence electrons. The fraction of sp³-hybridized carbons (Fsp3) is 0.130. The van der Waals surface area contributed by atoms with Crippen molar-refractivity contribution in [2.24, 2.45) is 7.05 Å². The number of benzene rings is 1. The molecule has 1 N–H and O–H groups in total. The summed E-state index contributed by atoms with van der Waals surface area (Å²) in [5.41, 5.74) is 4.59. The smallest absolute Gasteiger partial charge is 0.275 e. The van der Waals surface area contributed by atoms with Crippen LogP contribution in [-0.2, 0) is 29.4 Å². The van der Waals surface area contributed by atoms with Crippen LogP contribution < -0.4 is 10.3 Å². The molecule has 0 amide bonds. The molecule has 1 aromatic carbocycles. The average molecular weight is 478 g/mol. The molecule has 5 rings (SSSR count). The third-order valence-corrected chi connectivity index (χ3v) is 7.37. The highest BCUT2D eigenvalue weighted by atomic mass is 32.2. The van der Waals surface area contributed by atoms with Gasteiger partial charge in [-0.25, -0.2) is 18.1 Å². The number of nitrogens with one attached hydrogen (secondary N) is 1. The normalized spacial score (nSPS) is 11.9. The number of thiazole rings is 1. The third-order valence-electron chi connectivity index (χ3n) is 5.32. The molecule has 0 radical (unpaired) electrons. The van der Waals surface area contributed by atoms with Crippen LogP contribution in [0.15, 0.2) is 71.4 Å². The Kier molecular flexibility index (Phi) is 5.49. The minimum atomic E-state index is -3.66. The molecule has 2 aliphatic rings. The monoisotopic (exact) mass is 477 g/mol. The van der Waals surface area contributed by atoms with Gasteiger partial charge in [0.1, 0.15) is 0 Å². The Balaban J connectivity index is 1.56. The number of hydrogen-bond acceptors (Lipinski definition) is 7. The number of pyridine rings is 1. The lowest BCUT2D eigenvalue weighted by atomic mass is 9.98. The minimum Gasteiger partial charge on any atom is -0.275 e. The highest BCUT2D eigenvalue weighted by molar-refractivity contribution is 7.88. The van der Waals surface area contributed by atoms with E-state index in [1.807, 2.05) is 37.5 Å². The quantitative estimate of drug-likeness (QED) is 0.403. The lowest BCUT2D eigenvalue weighted by Gasteiger charge is -2.11. The number of fused-ring (bicyclic) bond motifs is 3. The first-order valence-electron chi connectivity index (χ1n) is 10.1.